The molecule has 2 rings (SSSR count). The molecule has 0 spiro atoms. The van der Waals surface area contributed by atoms with E-state index in [0.29, 0.717) is 13.0 Å². The Morgan fingerprint density at radius 2 is 1.96 bits per heavy atom. The van der Waals surface area contributed by atoms with E-state index in [9.17, 15) is 9.90 Å². The van der Waals surface area contributed by atoms with Gasteiger partial charge in [-0.05, 0) is 36.8 Å². The van der Waals surface area contributed by atoms with Crippen LogP contribution in [-0.4, -0.2) is 23.8 Å². The molecule has 0 bridgehead atoms. The summed E-state index contributed by atoms with van der Waals surface area (Å²) in [5, 5.41) is 17.7. The molecule has 1 heterocycles. The van der Waals surface area contributed by atoms with Crippen LogP contribution in [-0.2, 0) is 0 Å². The Morgan fingerprint density at radius 3 is 2.54 bits per heavy atom. The molecule has 0 aliphatic heterocycles. The van der Waals surface area contributed by atoms with E-state index in [4.69, 9.17) is 0 Å². The van der Waals surface area contributed by atoms with Crippen molar-refractivity contribution in [1.82, 2.24) is 10.6 Å². The molecule has 3 atom stereocenters. The number of carbonyl (C=O) groups is 1. The van der Waals surface area contributed by atoms with Crippen LogP contribution < -0.4 is 10.6 Å². The van der Waals surface area contributed by atoms with Crippen molar-refractivity contribution in [2.75, 3.05) is 6.54 Å². The average Bonchev–Trinajstić information content (AvgIpc) is 3.11. The molecule has 3 unspecified atom stereocenters. The molecule has 24 heavy (non-hydrogen) atoms. The molecule has 130 valence electrons. The van der Waals surface area contributed by atoms with Crippen LogP contribution in [0.5, 0.6) is 0 Å². The lowest BCUT2D eigenvalue weighted by Crippen LogP contribution is -2.39. The normalized spacial score (nSPS) is 14.6. The number of hydrogen-bond donors (Lipinski definition) is 3. The maximum Gasteiger partial charge on any atom is 0.315 e. The molecule has 3 N–H and O–H groups in total. The maximum atomic E-state index is 12.2. The van der Waals surface area contributed by atoms with E-state index >= 15 is 0 Å². The summed E-state index contributed by atoms with van der Waals surface area (Å²) in [4.78, 5) is 13.4. The number of rotatable bonds is 8. The van der Waals surface area contributed by atoms with Gasteiger partial charge in [0.05, 0.1) is 12.1 Å². The summed E-state index contributed by atoms with van der Waals surface area (Å²) >= 11 is 1.65. The standard InChI is InChI=1S/C19H26N2O2S/c1-3-17(18-10-7-11-24-18)21-19(23)20-13-16(12-14(2)22)15-8-5-4-6-9-15/h4-11,14,16-17,22H,3,12-13H2,1-2H3,(H2,20,21,23). The predicted molar refractivity (Wildman–Crippen MR) is 99.4 cm³/mol. The fourth-order valence-electron chi connectivity index (χ4n) is 2.76. The lowest BCUT2D eigenvalue weighted by atomic mass is 9.93. The highest BCUT2D eigenvalue weighted by Crippen LogP contribution is 2.22. The van der Waals surface area contributed by atoms with Crippen molar-refractivity contribution in [3.8, 4) is 0 Å². The van der Waals surface area contributed by atoms with Gasteiger partial charge in [-0.1, -0.05) is 43.3 Å². The van der Waals surface area contributed by atoms with Crippen molar-refractivity contribution in [1.29, 1.82) is 0 Å². The second-order valence-electron chi connectivity index (χ2n) is 6.02. The Hall–Kier alpha value is -1.85. The summed E-state index contributed by atoms with van der Waals surface area (Å²) in [6.45, 7) is 4.34. The molecular weight excluding hydrogens is 320 g/mol. The van der Waals surface area contributed by atoms with Crippen LogP contribution in [0.2, 0.25) is 0 Å². The molecule has 1 aromatic heterocycles. The van der Waals surface area contributed by atoms with Crippen LogP contribution in [0.15, 0.2) is 47.8 Å². The van der Waals surface area contributed by atoms with E-state index in [-0.39, 0.29) is 18.0 Å². The fraction of sp³-hybridized carbons (Fsp3) is 0.421. The molecule has 2 aromatic rings. The summed E-state index contributed by atoms with van der Waals surface area (Å²) < 4.78 is 0. The molecule has 5 heteroatoms. The second-order valence-corrected chi connectivity index (χ2v) is 7.00. The number of amides is 2. The molecule has 2 amide bonds. The third kappa shape index (κ3) is 5.65. The van der Waals surface area contributed by atoms with Gasteiger partial charge in [0, 0.05) is 17.3 Å². The Labute approximate surface area is 147 Å². The molecule has 0 saturated carbocycles. The molecule has 1 aromatic carbocycles. The van der Waals surface area contributed by atoms with Crippen molar-refractivity contribution < 1.29 is 9.90 Å². The number of aliphatic hydroxyl groups excluding tert-OH is 1. The maximum absolute atomic E-state index is 12.2. The van der Waals surface area contributed by atoms with E-state index in [2.05, 4.69) is 17.6 Å². The lowest BCUT2D eigenvalue weighted by Gasteiger charge is -2.21. The van der Waals surface area contributed by atoms with Crippen LogP contribution in [0.4, 0.5) is 4.79 Å². The zero-order chi connectivity index (χ0) is 17.4. The van der Waals surface area contributed by atoms with E-state index in [1.165, 1.54) is 0 Å². The number of nitrogens with one attached hydrogen (secondary N) is 2. The fourth-order valence-corrected chi connectivity index (χ4v) is 3.62. The number of hydrogen-bond acceptors (Lipinski definition) is 3. The van der Waals surface area contributed by atoms with Gasteiger partial charge in [-0.3, -0.25) is 0 Å². The highest BCUT2D eigenvalue weighted by molar-refractivity contribution is 7.10. The summed E-state index contributed by atoms with van der Waals surface area (Å²) in [5.74, 6) is 0.0961. The number of carbonyl (C=O) groups excluding carboxylic acids is 1. The predicted octanol–water partition coefficient (Wildman–Crippen LogP) is 4.05. The third-order valence-corrected chi connectivity index (χ3v) is 4.99. The minimum Gasteiger partial charge on any atom is -0.393 e. The minimum atomic E-state index is -0.408. The highest BCUT2D eigenvalue weighted by Gasteiger charge is 2.17. The Morgan fingerprint density at radius 1 is 1.21 bits per heavy atom. The zero-order valence-electron chi connectivity index (χ0n) is 14.2. The number of benzene rings is 1. The third-order valence-electron chi connectivity index (χ3n) is 4.01. The summed E-state index contributed by atoms with van der Waals surface area (Å²) in [6.07, 6.45) is 1.06. The number of aliphatic hydroxyl groups is 1. The molecule has 0 radical (unpaired) electrons. The van der Waals surface area contributed by atoms with Gasteiger partial charge in [-0.2, -0.15) is 0 Å². The first-order chi connectivity index (χ1) is 11.6. The van der Waals surface area contributed by atoms with Crippen LogP contribution in [0.25, 0.3) is 0 Å². The lowest BCUT2D eigenvalue weighted by molar-refractivity contribution is 0.173. The molecule has 0 aliphatic carbocycles. The topological polar surface area (TPSA) is 61.4 Å². The molecule has 0 aliphatic rings. The summed E-state index contributed by atoms with van der Waals surface area (Å²) in [7, 11) is 0. The van der Waals surface area contributed by atoms with Gasteiger partial charge in [0.15, 0.2) is 0 Å². The molecule has 4 nitrogen and oxygen atoms in total. The highest BCUT2D eigenvalue weighted by atomic mass is 32.1. The first-order valence-electron chi connectivity index (χ1n) is 8.41. The average molecular weight is 346 g/mol. The SMILES string of the molecule is CCC(NC(=O)NCC(CC(C)O)c1ccccc1)c1cccs1. The van der Waals surface area contributed by atoms with Crippen LogP contribution in [0, 0.1) is 0 Å². The minimum absolute atomic E-state index is 0.0388. The first-order valence-corrected chi connectivity index (χ1v) is 9.28. The van der Waals surface area contributed by atoms with E-state index < -0.39 is 6.10 Å². The quantitative estimate of drug-likeness (QED) is 0.675. The Bertz CT molecular complexity index is 599. The molecule has 0 saturated heterocycles. The number of urea groups is 1. The Balaban J connectivity index is 1.92. The molecular formula is C19H26N2O2S. The van der Waals surface area contributed by atoms with E-state index in [1.807, 2.05) is 47.8 Å². The van der Waals surface area contributed by atoms with E-state index in [1.54, 1.807) is 18.3 Å². The van der Waals surface area contributed by atoms with Gasteiger partial charge in [0.1, 0.15) is 0 Å². The van der Waals surface area contributed by atoms with Gasteiger partial charge in [-0.15, -0.1) is 11.3 Å². The van der Waals surface area contributed by atoms with Crippen molar-refractivity contribution in [3.63, 3.8) is 0 Å². The monoisotopic (exact) mass is 346 g/mol. The number of thiophene rings is 1. The van der Waals surface area contributed by atoms with Crippen molar-refractivity contribution >= 4 is 17.4 Å². The van der Waals surface area contributed by atoms with Crippen molar-refractivity contribution in [2.24, 2.45) is 0 Å². The summed E-state index contributed by atoms with van der Waals surface area (Å²) in [6, 6.07) is 13.9. The largest absolute Gasteiger partial charge is 0.393 e. The van der Waals surface area contributed by atoms with Gasteiger partial charge in [-0.25, -0.2) is 4.79 Å². The van der Waals surface area contributed by atoms with Crippen LogP contribution in [0.3, 0.4) is 0 Å². The van der Waals surface area contributed by atoms with Crippen LogP contribution >= 0.6 is 11.3 Å². The molecule has 0 fully saturated rings. The first kappa shape index (κ1) is 18.5. The van der Waals surface area contributed by atoms with Crippen molar-refractivity contribution in [2.45, 2.75) is 44.8 Å². The van der Waals surface area contributed by atoms with Crippen molar-refractivity contribution in [3.05, 3.63) is 58.3 Å². The Kier molecular flexibility index (Phi) is 7.28. The smallest absolute Gasteiger partial charge is 0.315 e. The summed E-state index contributed by atoms with van der Waals surface area (Å²) in [5.41, 5.74) is 1.13. The van der Waals surface area contributed by atoms with E-state index in [0.717, 1.165) is 16.9 Å². The van der Waals surface area contributed by atoms with Gasteiger partial charge >= 0.3 is 6.03 Å². The second kappa shape index (κ2) is 9.45. The zero-order valence-corrected chi connectivity index (χ0v) is 15.1. The van der Waals surface area contributed by atoms with Gasteiger partial charge in [0.2, 0.25) is 0 Å². The van der Waals surface area contributed by atoms with Crippen LogP contribution in [0.1, 0.15) is 49.1 Å². The van der Waals surface area contributed by atoms with Gasteiger partial charge in [0.25, 0.3) is 0 Å². The van der Waals surface area contributed by atoms with Gasteiger partial charge < -0.3 is 15.7 Å².